The zero-order chi connectivity index (χ0) is 17.6. The molecular formula is C20H18ClN3O. The van der Waals surface area contributed by atoms with Gasteiger partial charge in [0.05, 0.1) is 22.0 Å². The Bertz CT molecular complexity index is 949. The standard InChI is InChI=1S/C20H18ClN3O/c1-22-17-9-5-3-7-15(17)20(25)23(2)19(22)14-11-12-24(13-14)18-10-6-4-8-16(18)21/h3-13,19H,1-2H3. The summed E-state index contributed by atoms with van der Waals surface area (Å²) >= 11 is 6.31. The molecule has 4 rings (SSSR count). The van der Waals surface area contributed by atoms with Crippen LogP contribution >= 0.6 is 11.6 Å². The molecule has 0 fully saturated rings. The molecule has 1 aliphatic rings. The van der Waals surface area contributed by atoms with Gasteiger partial charge in [-0.15, -0.1) is 0 Å². The molecule has 126 valence electrons. The van der Waals surface area contributed by atoms with E-state index in [1.165, 1.54) is 0 Å². The highest BCUT2D eigenvalue weighted by Crippen LogP contribution is 2.37. The molecule has 5 heteroatoms. The van der Waals surface area contributed by atoms with E-state index < -0.39 is 0 Å². The Labute approximate surface area is 151 Å². The Kier molecular flexibility index (Phi) is 3.77. The highest BCUT2D eigenvalue weighted by Gasteiger charge is 2.34. The Balaban J connectivity index is 1.76. The lowest BCUT2D eigenvalue weighted by molar-refractivity contribution is 0.0711. The van der Waals surface area contributed by atoms with Gasteiger partial charge < -0.3 is 14.4 Å². The second kappa shape index (κ2) is 5.97. The van der Waals surface area contributed by atoms with Gasteiger partial charge in [-0.25, -0.2) is 0 Å². The summed E-state index contributed by atoms with van der Waals surface area (Å²) in [5.74, 6) is 0.0317. The zero-order valence-corrected chi connectivity index (χ0v) is 14.8. The summed E-state index contributed by atoms with van der Waals surface area (Å²) < 4.78 is 1.99. The first-order valence-corrected chi connectivity index (χ1v) is 8.47. The van der Waals surface area contributed by atoms with Crippen molar-refractivity contribution in [3.63, 3.8) is 0 Å². The lowest BCUT2D eigenvalue weighted by Gasteiger charge is -2.41. The van der Waals surface area contributed by atoms with Crippen LogP contribution in [0.4, 0.5) is 5.69 Å². The van der Waals surface area contributed by atoms with E-state index in [1.54, 1.807) is 4.90 Å². The third-order valence-electron chi connectivity index (χ3n) is 4.71. The van der Waals surface area contributed by atoms with Gasteiger partial charge in [-0.3, -0.25) is 4.79 Å². The molecule has 4 nitrogen and oxygen atoms in total. The normalized spacial score (nSPS) is 16.9. The van der Waals surface area contributed by atoms with Crippen LogP contribution in [0.5, 0.6) is 0 Å². The van der Waals surface area contributed by atoms with E-state index in [2.05, 4.69) is 4.90 Å². The minimum absolute atomic E-state index is 0.0317. The number of nitrogens with zero attached hydrogens (tertiary/aromatic N) is 3. The molecule has 1 atom stereocenters. The molecule has 0 aliphatic carbocycles. The number of carbonyl (C=O) groups is 1. The third-order valence-corrected chi connectivity index (χ3v) is 5.03. The van der Waals surface area contributed by atoms with Crippen LogP contribution in [0.3, 0.4) is 0 Å². The number of para-hydroxylation sites is 2. The summed E-state index contributed by atoms with van der Waals surface area (Å²) in [5.41, 5.74) is 3.63. The molecule has 1 amide bonds. The highest BCUT2D eigenvalue weighted by molar-refractivity contribution is 6.32. The van der Waals surface area contributed by atoms with Gasteiger partial charge in [-0.05, 0) is 30.3 Å². The van der Waals surface area contributed by atoms with Crippen molar-refractivity contribution < 1.29 is 4.79 Å². The number of hydrogen-bond acceptors (Lipinski definition) is 2. The lowest BCUT2D eigenvalue weighted by atomic mass is 10.0. The number of halogens is 1. The molecular weight excluding hydrogens is 334 g/mol. The SMILES string of the molecule is CN1C(=O)c2ccccc2N(C)C1c1ccn(-c2ccccc2Cl)c1. The number of hydrogen-bond donors (Lipinski definition) is 0. The van der Waals surface area contributed by atoms with Crippen molar-refractivity contribution in [2.24, 2.45) is 0 Å². The summed E-state index contributed by atoms with van der Waals surface area (Å²) in [5, 5.41) is 0.691. The lowest BCUT2D eigenvalue weighted by Crippen LogP contribution is -2.45. The van der Waals surface area contributed by atoms with E-state index in [1.807, 2.05) is 85.7 Å². The van der Waals surface area contributed by atoms with Crippen molar-refractivity contribution in [2.45, 2.75) is 6.17 Å². The van der Waals surface area contributed by atoms with Crippen LogP contribution in [0.1, 0.15) is 22.1 Å². The van der Waals surface area contributed by atoms with Crippen LogP contribution in [0.2, 0.25) is 5.02 Å². The van der Waals surface area contributed by atoms with Gasteiger partial charge in [0.25, 0.3) is 5.91 Å². The number of carbonyl (C=O) groups excluding carboxylic acids is 1. The molecule has 0 radical (unpaired) electrons. The van der Waals surface area contributed by atoms with Gasteiger partial charge in [-0.2, -0.15) is 0 Å². The van der Waals surface area contributed by atoms with Crippen LogP contribution < -0.4 is 4.90 Å². The molecule has 0 saturated carbocycles. The fourth-order valence-corrected chi connectivity index (χ4v) is 3.71. The number of benzene rings is 2. The third kappa shape index (κ3) is 2.50. The maximum absolute atomic E-state index is 12.7. The van der Waals surface area contributed by atoms with Crippen molar-refractivity contribution >= 4 is 23.2 Å². The van der Waals surface area contributed by atoms with Gasteiger partial charge >= 0.3 is 0 Å². The minimum Gasteiger partial charge on any atom is -0.350 e. The van der Waals surface area contributed by atoms with Gasteiger partial charge in [-0.1, -0.05) is 35.9 Å². The fraction of sp³-hybridized carbons (Fsp3) is 0.150. The summed E-state index contributed by atoms with van der Waals surface area (Å²) in [4.78, 5) is 16.6. The molecule has 2 aromatic carbocycles. The summed E-state index contributed by atoms with van der Waals surface area (Å²) in [6.07, 6.45) is 3.84. The smallest absolute Gasteiger partial charge is 0.257 e. The van der Waals surface area contributed by atoms with E-state index in [0.717, 1.165) is 22.5 Å². The predicted octanol–water partition coefficient (Wildman–Crippen LogP) is 4.35. The quantitative estimate of drug-likeness (QED) is 0.686. The first-order chi connectivity index (χ1) is 12.1. The molecule has 1 aliphatic heterocycles. The molecule has 3 aromatic rings. The highest BCUT2D eigenvalue weighted by atomic mass is 35.5. The average Bonchev–Trinajstić information content (AvgIpc) is 3.10. The van der Waals surface area contributed by atoms with Crippen LogP contribution in [-0.4, -0.2) is 29.5 Å². The minimum atomic E-state index is -0.161. The fourth-order valence-electron chi connectivity index (χ4n) is 3.48. The van der Waals surface area contributed by atoms with E-state index >= 15 is 0 Å². The molecule has 25 heavy (non-hydrogen) atoms. The molecule has 0 spiro atoms. The van der Waals surface area contributed by atoms with Gasteiger partial charge in [0.2, 0.25) is 0 Å². The Morgan fingerprint density at radius 1 is 0.880 bits per heavy atom. The largest absolute Gasteiger partial charge is 0.350 e. The molecule has 2 heterocycles. The van der Waals surface area contributed by atoms with Crippen molar-refractivity contribution in [3.8, 4) is 5.69 Å². The van der Waals surface area contributed by atoms with Crippen LogP contribution in [0, 0.1) is 0 Å². The van der Waals surface area contributed by atoms with Crippen LogP contribution in [-0.2, 0) is 0 Å². The average molecular weight is 352 g/mol. The Morgan fingerprint density at radius 2 is 1.56 bits per heavy atom. The van der Waals surface area contributed by atoms with E-state index in [-0.39, 0.29) is 12.1 Å². The molecule has 0 bridgehead atoms. The van der Waals surface area contributed by atoms with Crippen LogP contribution in [0.15, 0.2) is 67.0 Å². The zero-order valence-electron chi connectivity index (χ0n) is 14.1. The van der Waals surface area contributed by atoms with Crippen molar-refractivity contribution in [2.75, 3.05) is 19.0 Å². The van der Waals surface area contributed by atoms with Gasteiger partial charge in [0, 0.05) is 32.1 Å². The molecule has 1 aromatic heterocycles. The number of rotatable bonds is 2. The monoisotopic (exact) mass is 351 g/mol. The maximum Gasteiger partial charge on any atom is 0.257 e. The number of aromatic nitrogens is 1. The number of fused-ring (bicyclic) bond motifs is 1. The summed E-state index contributed by atoms with van der Waals surface area (Å²) in [6.45, 7) is 0. The second-order valence-electron chi connectivity index (χ2n) is 6.22. The molecule has 0 saturated heterocycles. The maximum atomic E-state index is 12.7. The molecule has 1 unspecified atom stereocenters. The van der Waals surface area contributed by atoms with E-state index in [9.17, 15) is 4.79 Å². The number of anilines is 1. The van der Waals surface area contributed by atoms with Gasteiger partial charge in [0.1, 0.15) is 6.17 Å². The first kappa shape index (κ1) is 15.8. The van der Waals surface area contributed by atoms with Crippen molar-refractivity contribution in [3.05, 3.63) is 83.1 Å². The Morgan fingerprint density at radius 3 is 2.32 bits per heavy atom. The second-order valence-corrected chi connectivity index (χ2v) is 6.63. The van der Waals surface area contributed by atoms with Crippen LogP contribution in [0.25, 0.3) is 5.69 Å². The van der Waals surface area contributed by atoms with Crippen molar-refractivity contribution in [1.82, 2.24) is 9.47 Å². The Hall–Kier alpha value is -2.72. The first-order valence-electron chi connectivity index (χ1n) is 8.10. The summed E-state index contributed by atoms with van der Waals surface area (Å²) in [6, 6.07) is 17.5. The van der Waals surface area contributed by atoms with Crippen molar-refractivity contribution in [1.29, 1.82) is 0 Å². The summed E-state index contributed by atoms with van der Waals surface area (Å²) in [7, 11) is 3.85. The van der Waals surface area contributed by atoms with E-state index in [4.69, 9.17) is 11.6 Å². The predicted molar refractivity (Wildman–Crippen MR) is 100 cm³/mol. The number of amides is 1. The topological polar surface area (TPSA) is 28.5 Å². The van der Waals surface area contributed by atoms with E-state index in [0.29, 0.717) is 5.02 Å². The molecule has 0 N–H and O–H groups in total. The van der Waals surface area contributed by atoms with Gasteiger partial charge in [0.15, 0.2) is 0 Å².